The number of hydrogen-bond acceptors (Lipinski definition) is 1. The van der Waals surface area contributed by atoms with Crippen molar-refractivity contribution >= 4 is 6.08 Å². The van der Waals surface area contributed by atoms with E-state index in [-0.39, 0.29) is 5.41 Å². The molecule has 1 aromatic heterocycles. The van der Waals surface area contributed by atoms with Crippen LogP contribution in [-0.2, 0) is 5.41 Å². The molecular formula is C23H19N. The van der Waals surface area contributed by atoms with Crippen LogP contribution >= 0.6 is 0 Å². The first-order valence-corrected chi connectivity index (χ1v) is 8.21. The van der Waals surface area contributed by atoms with Crippen LogP contribution < -0.4 is 0 Å². The fraction of sp³-hybridized carbons (Fsp3) is 0.0870. The van der Waals surface area contributed by atoms with E-state index < -0.39 is 0 Å². The lowest BCUT2D eigenvalue weighted by atomic mass is 9.70. The van der Waals surface area contributed by atoms with E-state index in [0.29, 0.717) is 0 Å². The van der Waals surface area contributed by atoms with E-state index in [9.17, 15) is 0 Å². The van der Waals surface area contributed by atoms with E-state index >= 15 is 0 Å². The summed E-state index contributed by atoms with van der Waals surface area (Å²) in [5.41, 5.74) is 6.97. The summed E-state index contributed by atoms with van der Waals surface area (Å²) in [5, 5.41) is 0. The standard InChI is InChI=1S/C23H19N/c1-3-15-23(20-13-7-5-10-17(20)4-2)21-14-8-6-11-18(21)19-12-9-16-24-22(19)23/h3-14,16H,1-2,15H2. The maximum absolute atomic E-state index is 4.82. The number of rotatable bonds is 4. The van der Waals surface area contributed by atoms with Gasteiger partial charge in [0.15, 0.2) is 0 Å². The van der Waals surface area contributed by atoms with E-state index in [1.807, 2.05) is 24.4 Å². The molecule has 0 N–H and O–H groups in total. The second-order valence-corrected chi connectivity index (χ2v) is 6.13. The second kappa shape index (κ2) is 5.61. The number of hydrogen-bond donors (Lipinski definition) is 0. The molecule has 4 rings (SSSR count). The van der Waals surface area contributed by atoms with Crippen molar-refractivity contribution in [3.63, 3.8) is 0 Å². The van der Waals surface area contributed by atoms with E-state index in [4.69, 9.17) is 4.98 Å². The van der Waals surface area contributed by atoms with Crippen molar-refractivity contribution in [3.8, 4) is 11.1 Å². The minimum Gasteiger partial charge on any atom is -0.259 e. The van der Waals surface area contributed by atoms with Crippen LogP contribution in [0.25, 0.3) is 17.2 Å². The van der Waals surface area contributed by atoms with Crippen LogP contribution in [0.3, 0.4) is 0 Å². The van der Waals surface area contributed by atoms with Crippen molar-refractivity contribution in [3.05, 3.63) is 108 Å². The van der Waals surface area contributed by atoms with Gasteiger partial charge in [0.1, 0.15) is 0 Å². The molecule has 0 saturated heterocycles. The lowest BCUT2D eigenvalue weighted by molar-refractivity contribution is 0.623. The van der Waals surface area contributed by atoms with Gasteiger partial charge in [0.2, 0.25) is 0 Å². The molecule has 116 valence electrons. The zero-order valence-corrected chi connectivity index (χ0v) is 13.6. The highest BCUT2D eigenvalue weighted by Crippen LogP contribution is 2.54. The zero-order chi connectivity index (χ0) is 16.6. The van der Waals surface area contributed by atoms with Crippen LogP contribution in [0.15, 0.2) is 86.1 Å². The molecule has 0 spiro atoms. The van der Waals surface area contributed by atoms with Crippen molar-refractivity contribution in [1.29, 1.82) is 0 Å². The van der Waals surface area contributed by atoms with E-state index in [0.717, 1.165) is 17.7 Å². The predicted octanol–water partition coefficient (Wildman–Crippen LogP) is 5.62. The Balaban J connectivity index is 2.16. The van der Waals surface area contributed by atoms with Crippen LogP contribution in [-0.4, -0.2) is 4.98 Å². The average molecular weight is 309 g/mol. The van der Waals surface area contributed by atoms with E-state index in [2.05, 4.69) is 67.8 Å². The van der Waals surface area contributed by atoms with Crippen molar-refractivity contribution < 1.29 is 0 Å². The molecule has 0 amide bonds. The number of benzene rings is 2. The molecule has 0 aliphatic heterocycles. The lowest BCUT2D eigenvalue weighted by Gasteiger charge is -2.32. The maximum Gasteiger partial charge on any atom is 0.0676 e. The molecule has 0 fully saturated rings. The van der Waals surface area contributed by atoms with Crippen LogP contribution in [0.5, 0.6) is 0 Å². The summed E-state index contributed by atoms with van der Waals surface area (Å²) < 4.78 is 0. The molecule has 1 aliphatic rings. The Bertz CT molecular complexity index is 891. The highest BCUT2D eigenvalue weighted by Gasteiger charge is 2.45. The Morgan fingerprint density at radius 1 is 0.833 bits per heavy atom. The minimum absolute atomic E-state index is 0.306. The highest BCUT2D eigenvalue weighted by atomic mass is 14.7. The summed E-state index contributed by atoms with van der Waals surface area (Å²) >= 11 is 0. The van der Waals surface area contributed by atoms with Gasteiger partial charge in [-0.3, -0.25) is 4.98 Å². The van der Waals surface area contributed by atoms with E-state index in [1.165, 1.54) is 22.3 Å². The molecule has 1 nitrogen and oxygen atoms in total. The van der Waals surface area contributed by atoms with Gasteiger partial charge in [-0.25, -0.2) is 0 Å². The van der Waals surface area contributed by atoms with Gasteiger partial charge >= 0.3 is 0 Å². The van der Waals surface area contributed by atoms with Gasteiger partial charge in [0.25, 0.3) is 0 Å². The number of pyridine rings is 1. The summed E-state index contributed by atoms with van der Waals surface area (Å²) in [4.78, 5) is 4.82. The summed E-state index contributed by atoms with van der Waals surface area (Å²) in [6, 6.07) is 21.3. The molecule has 1 unspecified atom stereocenters. The molecule has 1 aliphatic carbocycles. The molecule has 0 saturated carbocycles. The summed E-state index contributed by atoms with van der Waals surface area (Å²) in [6.45, 7) is 8.06. The Morgan fingerprint density at radius 3 is 2.33 bits per heavy atom. The number of aromatic nitrogens is 1. The second-order valence-electron chi connectivity index (χ2n) is 6.13. The van der Waals surface area contributed by atoms with Crippen molar-refractivity contribution in [1.82, 2.24) is 4.98 Å². The van der Waals surface area contributed by atoms with Crippen molar-refractivity contribution in [2.24, 2.45) is 0 Å². The molecule has 1 heteroatoms. The summed E-state index contributed by atoms with van der Waals surface area (Å²) in [5.74, 6) is 0. The summed E-state index contributed by atoms with van der Waals surface area (Å²) in [7, 11) is 0. The largest absolute Gasteiger partial charge is 0.259 e. The lowest BCUT2D eigenvalue weighted by Crippen LogP contribution is -2.28. The van der Waals surface area contributed by atoms with Gasteiger partial charge < -0.3 is 0 Å². The molecular weight excluding hydrogens is 290 g/mol. The van der Waals surface area contributed by atoms with Crippen molar-refractivity contribution in [2.45, 2.75) is 11.8 Å². The quantitative estimate of drug-likeness (QED) is 0.570. The topological polar surface area (TPSA) is 12.9 Å². The van der Waals surface area contributed by atoms with Gasteiger partial charge in [-0.2, -0.15) is 0 Å². The van der Waals surface area contributed by atoms with Crippen LogP contribution in [0.2, 0.25) is 0 Å². The third-order valence-electron chi connectivity index (χ3n) is 4.98. The first-order valence-electron chi connectivity index (χ1n) is 8.21. The third kappa shape index (κ3) is 1.85. The smallest absolute Gasteiger partial charge is 0.0676 e. The number of fused-ring (bicyclic) bond motifs is 3. The Kier molecular flexibility index (Phi) is 3.42. The van der Waals surface area contributed by atoms with Gasteiger partial charge in [-0.05, 0) is 34.7 Å². The molecule has 24 heavy (non-hydrogen) atoms. The molecule has 1 atom stereocenters. The predicted molar refractivity (Wildman–Crippen MR) is 101 cm³/mol. The number of allylic oxidation sites excluding steroid dienone is 1. The zero-order valence-electron chi connectivity index (χ0n) is 13.6. The van der Waals surface area contributed by atoms with Gasteiger partial charge in [-0.15, -0.1) is 6.58 Å². The Labute approximate surface area is 143 Å². The van der Waals surface area contributed by atoms with Crippen molar-refractivity contribution in [2.75, 3.05) is 0 Å². The maximum atomic E-state index is 4.82. The summed E-state index contributed by atoms with van der Waals surface area (Å²) in [6.07, 6.45) is 6.63. The first-order chi connectivity index (χ1) is 11.8. The van der Waals surface area contributed by atoms with Crippen LogP contribution in [0.4, 0.5) is 0 Å². The highest BCUT2D eigenvalue weighted by molar-refractivity contribution is 5.83. The molecule has 2 aromatic carbocycles. The minimum atomic E-state index is -0.306. The number of nitrogens with zero attached hydrogens (tertiary/aromatic N) is 1. The van der Waals surface area contributed by atoms with Gasteiger partial charge in [0.05, 0.1) is 11.1 Å². The van der Waals surface area contributed by atoms with E-state index in [1.54, 1.807) is 0 Å². The normalized spacial score (nSPS) is 17.8. The Hall–Kier alpha value is -2.93. The Morgan fingerprint density at radius 2 is 1.54 bits per heavy atom. The SMILES string of the molecule is C=CCC1(c2ccccc2C=C)c2ccccc2-c2cccnc21. The van der Waals surface area contributed by atoms with Gasteiger partial charge in [0, 0.05) is 11.8 Å². The first kappa shape index (κ1) is 14.6. The average Bonchev–Trinajstić information content (AvgIpc) is 2.94. The fourth-order valence-electron chi connectivity index (χ4n) is 4.05. The van der Waals surface area contributed by atoms with Crippen LogP contribution in [0.1, 0.15) is 28.8 Å². The van der Waals surface area contributed by atoms with Crippen LogP contribution in [0, 0.1) is 0 Å². The van der Waals surface area contributed by atoms with Gasteiger partial charge in [-0.1, -0.05) is 73.3 Å². The molecule has 3 aromatic rings. The molecule has 1 heterocycles. The monoisotopic (exact) mass is 309 g/mol. The molecule has 0 bridgehead atoms. The fourth-order valence-corrected chi connectivity index (χ4v) is 4.05. The third-order valence-corrected chi connectivity index (χ3v) is 4.98. The molecule has 0 radical (unpaired) electrons.